The molecule has 1 saturated heterocycles. The van der Waals surface area contributed by atoms with Crippen molar-refractivity contribution < 1.29 is 23.5 Å². The summed E-state index contributed by atoms with van der Waals surface area (Å²) in [6.45, 7) is -0.0491. The first-order chi connectivity index (χ1) is 14.0. The van der Waals surface area contributed by atoms with Crippen molar-refractivity contribution in [2.24, 2.45) is 5.92 Å². The number of para-hydroxylation sites is 3. The number of hydrogen-bond donors (Lipinski definition) is 3. The summed E-state index contributed by atoms with van der Waals surface area (Å²) in [5, 5.41) is 2.91. The molecule has 2 aromatic carbocycles. The molecule has 1 unspecified atom stereocenters. The number of nitrogens with zero attached hydrogens (tertiary/aromatic N) is 1. The summed E-state index contributed by atoms with van der Waals surface area (Å²) in [7, 11) is 1.52. The topological polar surface area (TPSA) is 99.8 Å². The highest BCUT2D eigenvalue weighted by Crippen LogP contribution is 2.27. The van der Waals surface area contributed by atoms with Crippen LogP contribution >= 0.6 is 0 Å². The van der Waals surface area contributed by atoms with Crippen LogP contribution in [0.4, 0.5) is 15.8 Å². The molecule has 1 aliphatic heterocycles. The third kappa shape index (κ3) is 4.81. The van der Waals surface area contributed by atoms with E-state index in [1.807, 2.05) is 0 Å². The number of rotatable bonds is 6. The number of carbonyl (C=O) groups excluding carboxylic acids is 3. The van der Waals surface area contributed by atoms with E-state index in [1.54, 1.807) is 30.3 Å². The van der Waals surface area contributed by atoms with E-state index in [9.17, 15) is 18.8 Å². The van der Waals surface area contributed by atoms with Crippen LogP contribution in [-0.2, 0) is 14.4 Å². The summed E-state index contributed by atoms with van der Waals surface area (Å²) in [5.41, 5.74) is 5.39. The van der Waals surface area contributed by atoms with E-state index in [0.29, 0.717) is 11.4 Å². The van der Waals surface area contributed by atoms with Gasteiger partial charge in [-0.2, -0.15) is 0 Å². The zero-order valence-corrected chi connectivity index (χ0v) is 15.8. The van der Waals surface area contributed by atoms with Crippen LogP contribution in [0.3, 0.4) is 0 Å². The molecule has 0 aromatic heterocycles. The first-order valence-electron chi connectivity index (χ1n) is 9.00. The van der Waals surface area contributed by atoms with Crippen LogP contribution in [0.25, 0.3) is 0 Å². The Morgan fingerprint density at radius 2 is 1.86 bits per heavy atom. The fourth-order valence-corrected chi connectivity index (χ4v) is 3.03. The minimum atomic E-state index is -0.690. The number of methoxy groups -OCH3 is 1. The summed E-state index contributed by atoms with van der Waals surface area (Å²) in [6.07, 6.45) is -0.0600. The predicted molar refractivity (Wildman–Crippen MR) is 105 cm³/mol. The number of amides is 3. The van der Waals surface area contributed by atoms with Crippen molar-refractivity contribution in [3.8, 4) is 5.75 Å². The third-order valence-electron chi connectivity index (χ3n) is 4.51. The standard InChI is InChI=1S/C20H21FN4O4/c1-29-17-9-5-3-7-15(17)22-11-18(26)23-24-20(28)13-10-19(27)25(12-13)16-8-4-2-6-14(16)21/h2-9,13,22H,10-12H2,1H3,(H,23,26)(H,24,28). The average Bonchev–Trinajstić information content (AvgIpc) is 3.12. The Balaban J connectivity index is 1.49. The van der Waals surface area contributed by atoms with Gasteiger partial charge in [0.2, 0.25) is 11.8 Å². The number of anilines is 2. The predicted octanol–water partition coefficient (Wildman–Crippen LogP) is 1.45. The first-order valence-corrected chi connectivity index (χ1v) is 9.00. The van der Waals surface area contributed by atoms with Crippen LogP contribution in [0.2, 0.25) is 0 Å². The smallest absolute Gasteiger partial charge is 0.257 e. The van der Waals surface area contributed by atoms with Gasteiger partial charge in [0, 0.05) is 13.0 Å². The molecule has 1 fully saturated rings. The molecule has 0 spiro atoms. The fraction of sp³-hybridized carbons (Fsp3) is 0.250. The number of benzene rings is 2. The molecule has 152 valence electrons. The minimum Gasteiger partial charge on any atom is -0.495 e. The molecule has 2 aromatic rings. The maximum Gasteiger partial charge on any atom is 0.257 e. The lowest BCUT2D eigenvalue weighted by atomic mass is 10.1. The lowest BCUT2D eigenvalue weighted by Gasteiger charge is -2.17. The lowest BCUT2D eigenvalue weighted by molar-refractivity contribution is -0.130. The van der Waals surface area contributed by atoms with E-state index in [4.69, 9.17) is 4.74 Å². The highest BCUT2D eigenvalue weighted by atomic mass is 19.1. The van der Waals surface area contributed by atoms with Crippen LogP contribution in [0.1, 0.15) is 6.42 Å². The van der Waals surface area contributed by atoms with Crippen molar-refractivity contribution in [1.29, 1.82) is 0 Å². The molecular weight excluding hydrogens is 379 g/mol. The van der Waals surface area contributed by atoms with E-state index in [1.165, 1.54) is 30.2 Å². The van der Waals surface area contributed by atoms with Gasteiger partial charge in [0.15, 0.2) is 0 Å². The van der Waals surface area contributed by atoms with E-state index in [-0.39, 0.29) is 31.1 Å². The number of hydrogen-bond acceptors (Lipinski definition) is 5. The number of carbonyl (C=O) groups is 3. The zero-order chi connectivity index (χ0) is 20.8. The molecule has 0 saturated carbocycles. The van der Waals surface area contributed by atoms with Crippen molar-refractivity contribution in [3.63, 3.8) is 0 Å². The fourth-order valence-electron chi connectivity index (χ4n) is 3.03. The minimum absolute atomic E-state index is 0.0426. The molecular formula is C20H21FN4O4. The van der Waals surface area contributed by atoms with Gasteiger partial charge in [-0.15, -0.1) is 0 Å². The second-order valence-corrected chi connectivity index (χ2v) is 6.45. The lowest BCUT2D eigenvalue weighted by Crippen LogP contribution is -2.47. The molecule has 1 aliphatic rings. The molecule has 29 heavy (non-hydrogen) atoms. The monoisotopic (exact) mass is 400 g/mol. The largest absolute Gasteiger partial charge is 0.495 e. The average molecular weight is 400 g/mol. The highest BCUT2D eigenvalue weighted by Gasteiger charge is 2.36. The second-order valence-electron chi connectivity index (χ2n) is 6.45. The molecule has 1 atom stereocenters. The van der Waals surface area contributed by atoms with E-state index >= 15 is 0 Å². The SMILES string of the molecule is COc1ccccc1NCC(=O)NNC(=O)C1CC(=O)N(c2ccccc2F)C1. The number of hydrazine groups is 1. The summed E-state index contributed by atoms with van der Waals surface area (Å²) in [6, 6.07) is 13.0. The molecule has 8 nitrogen and oxygen atoms in total. The van der Waals surface area contributed by atoms with Crippen LogP contribution in [0.5, 0.6) is 5.75 Å². The van der Waals surface area contributed by atoms with Crippen molar-refractivity contribution in [3.05, 3.63) is 54.3 Å². The van der Waals surface area contributed by atoms with Gasteiger partial charge in [0.05, 0.1) is 30.9 Å². The maximum atomic E-state index is 13.9. The van der Waals surface area contributed by atoms with Gasteiger partial charge < -0.3 is 15.0 Å². The Hall–Kier alpha value is -3.62. The normalized spacial score (nSPS) is 15.7. The van der Waals surface area contributed by atoms with Crippen molar-refractivity contribution >= 4 is 29.1 Å². The molecule has 9 heteroatoms. The van der Waals surface area contributed by atoms with Gasteiger partial charge in [-0.3, -0.25) is 25.2 Å². The Bertz CT molecular complexity index is 921. The molecule has 0 aliphatic carbocycles. The quantitative estimate of drug-likeness (QED) is 0.638. The molecule has 1 heterocycles. The van der Waals surface area contributed by atoms with Crippen LogP contribution in [0.15, 0.2) is 48.5 Å². The number of halogens is 1. The van der Waals surface area contributed by atoms with Crippen molar-refractivity contribution in [1.82, 2.24) is 10.9 Å². The second kappa shape index (κ2) is 9.05. The van der Waals surface area contributed by atoms with Gasteiger partial charge in [-0.05, 0) is 24.3 Å². The van der Waals surface area contributed by atoms with Gasteiger partial charge in [-0.25, -0.2) is 4.39 Å². The maximum absolute atomic E-state index is 13.9. The third-order valence-corrected chi connectivity index (χ3v) is 4.51. The molecule has 3 amide bonds. The molecule has 3 rings (SSSR count). The van der Waals surface area contributed by atoms with E-state index in [2.05, 4.69) is 16.2 Å². The van der Waals surface area contributed by atoms with Gasteiger partial charge in [0.1, 0.15) is 11.6 Å². The molecule has 3 N–H and O–H groups in total. The number of ether oxygens (including phenoxy) is 1. The highest BCUT2D eigenvalue weighted by molar-refractivity contribution is 6.00. The van der Waals surface area contributed by atoms with Crippen molar-refractivity contribution in [2.45, 2.75) is 6.42 Å². The van der Waals surface area contributed by atoms with E-state index < -0.39 is 23.5 Å². The van der Waals surface area contributed by atoms with Gasteiger partial charge >= 0.3 is 0 Å². The van der Waals surface area contributed by atoms with Crippen molar-refractivity contribution in [2.75, 3.05) is 30.4 Å². The first kappa shape index (κ1) is 20.1. The molecule has 0 bridgehead atoms. The zero-order valence-electron chi connectivity index (χ0n) is 15.8. The van der Waals surface area contributed by atoms with Crippen LogP contribution in [-0.4, -0.2) is 37.9 Å². The Labute approximate surface area is 167 Å². The van der Waals surface area contributed by atoms with Gasteiger partial charge in [0.25, 0.3) is 5.91 Å². The van der Waals surface area contributed by atoms with Crippen LogP contribution < -0.4 is 25.8 Å². The van der Waals surface area contributed by atoms with Gasteiger partial charge in [-0.1, -0.05) is 24.3 Å². The summed E-state index contributed by atoms with van der Waals surface area (Å²) < 4.78 is 19.1. The molecule has 0 radical (unpaired) electrons. The Kier molecular flexibility index (Phi) is 6.28. The Morgan fingerprint density at radius 1 is 1.14 bits per heavy atom. The van der Waals surface area contributed by atoms with Crippen LogP contribution in [0, 0.1) is 11.7 Å². The summed E-state index contributed by atoms with van der Waals surface area (Å²) in [5.74, 6) is -1.97. The summed E-state index contributed by atoms with van der Waals surface area (Å²) >= 11 is 0. The summed E-state index contributed by atoms with van der Waals surface area (Å²) in [4.78, 5) is 37.7. The van der Waals surface area contributed by atoms with E-state index in [0.717, 1.165) is 0 Å². The Morgan fingerprint density at radius 3 is 2.62 bits per heavy atom. The number of nitrogens with one attached hydrogen (secondary N) is 3.